The maximum Gasteiger partial charge on any atom is 0.328 e. The van der Waals surface area contributed by atoms with E-state index in [1.807, 2.05) is 5.32 Å². The molecular formula is C21H30N4O10. The lowest BCUT2D eigenvalue weighted by Gasteiger charge is -2.25. The van der Waals surface area contributed by atoms with Crippen LogP contribution in [-0.4, -0.2) is 91.6 Å². The van der Waals surface area contributed by atoms with Crippen molar-refractivity contribution < 1.29 is 49.5 Å². The van der Waals surface area contributed by atoms with Gasteiger partial charge in [0.05, 0.1) is 18.6 Å². The molecule has 6 atom stereocenters. The van der Waals surface area contributed by atoms with Crippen LogP contribution in [0.5, 0.6) is 5.75 Å². The summed E-state index contributed by atoms with van der Waals surface area (Å²) in [6, 6.07) is -0.751. The monoisotopic (exact) mass is 498 g/mol. The molecule has 0 aliphatic rings. The Morgan fingerprint density at radius 1 is 0.829 bits per heavy atom. The van der Waals surface area contributed by atoms with Crippen LogP contribution in [0.2, 0.25) is 0 Å². The second-order valence-electron chi connectivity index (χ2n) is 7.92. The largest absolute Gasteiger partial charge is 0.508 e. The zero-order chi connectivity index (χ0) is 26.9. The number of aliphatic carboxylic acids is 2. The summed E-state index contributed by atoms with van der Waals surface area (Å²) in [6.45, 7) is 2.35. The van der Waals surface area contributed by atoms with Crippen LogP contribution in [0.3, 0.4) is 0 Å². The van der Waals surface area contributed by atoms with Crippen molar-refractivity contribution in [1.29, 1.82) is 0 Å². The van der Waals surface area contributed by atoms with Crippen molar-refractivity contribution in [3.05, 3.63) is 29.8 Å². The highest BCUT2D eigenvalue weighted by Crippen LogP contribution is 2.12. The van der Waals surface area contributed by atoms with Gasteiger partial charge in [-0.25, -0.2) is 4.79 Å². The first-order chi connectivity index (χ1) is 16.2. The fourth-order valence-electron chi connectivity index (χ4n) is 2.86. The number of carbonyl (C=O) groups excluding carboxylic acids is 3. The van der Waals surface area contributed by atoms with Crippen molar-refractivity contribution in [2.75, 3.05) is 0 Å². The highest BCUT2D eigenvalue weighted by atomic mass is 16.4. The molecule has 0 saturated heterocycles. The van der Waals surface area contributed by atoms with E-state index in [-0.39, 0.29) is 12.2 Å². The molecule has 14 nitrogen and oxygen atoms in total. The lowest BCUT2D eigenvalue weighted by Crippen LogP contribution is -2.59. The molecule has 0 heterocycles. The molecule has 0 fully saturated rings. The molecule has 14 heteroatoms. The van der Waals surface area contributed by atoms with Gasteiger partial charge in [0.2, 0.25) is 17.7 Å². The predicted octanol–water partition coefficient (Wildman–Crippen LogP) is -2.96. The quantitative estimate of drug-likeness (QED) is 0.133. The van der Waals surface area contributed by atoms with Gasteiger partial charge in [0.25, 0.3) is 0 Å². The number of aromatic hydroxyl groups is 1. The molecule has 194 valence electrons. The second-order valence-corrected chi connectivity index (χ2v) is 7.92. The molecule has 1 aromatic carbocycles. The summed E-state index contributed by atoms with van der Waals surface area (Å²) in [4.78, 5) is 60.4. The number of nitrogens with two attached hydrogens (primary N) is 1. The van der Waals surface area contributed by atoms with Gasteiger partial charge in [-0.2, -0.15) is 0 Å². The Morgan fingerprint density at radius 2 is 1.34 bits per heavy atom. The van der Waals surface area contributed by atoms with Gasteiger partial charge in [-0.3, -0.25) is 19.2 Å². The summed E-state index contributed by atoms with van der Waals surface area (Å²) < 4.78 is 0. The van der Waals surface area contributed by atoms with E-state index in [4.69, 9.17) is 15.9 Å². The number of amides is 3. The molecule has 1 aromatic rings. The molecule has 10 N–H and O–H groups in total. The lowest BCUT2D eigenvalue weighted by atomic mass is 10.0. The Balaban J connectivity index is 3.16. The van der Waals surface area contributed by atoms with Gasteiger partial charge >= 0.3 is 11.9 Å². The number of carboxylic acids is 2. The average molecular weight is 498 g/mol. The van der Waals surface area contributed by atoms with Crippen LogP contribution < -0.4 is 21.7 Å². The number of hydrogen-bond donors (Lipinski definition) is 9. The minimum absolute atomic E-state index is 0.0563. The molecule has 0 spiro atoms. The Bertz CT molecular complexity index is 919. The zero-order valence-electron chi connectivity index (χ0n) is 19.0. The number of nitrogens with one attached hydrogen (secondary N) is 3. The number of aliphatic hydroxyl groups excluding tert-OH is 2. The summed E-state index contributed by atoms with van der Waals surface area (Å²) in [7, 11) is 0. The van der Waals surface area contributed by atoms with Crippen LogP contribution in [0.4, 0.5) is 0 Å². The molecule has 0 aromatic heterocycles. The van der Waals surface area contributed by atoms with Crippen molar-refractivity contribution in [3.8, 4) is 5.75 Å². The highest BCUT2D eigenvalue weighted by Gasteiger charge is 2.33. The number of phenols is 1. The van der Waals surface area contributed by atoms with Gasteiger partial charge in [-0.1, -0.05) is 12.1 Å². The van der Waals surface area contributed by atoms with E-state index >= 15 is 0 Å². The summed E-state index contributed by atoms with van der Waals surface area (Å²) in [5.74, 6) is -6.24. The molecule has 0 radical (unpaired) electrons. The number of carboxylic acid groups (broad SMARTS) is 2. The Labute approximate surface area is 200 Å². The SMILES string of the molecule is CC(O)C(N)C(=O)NC(Cc1ccc(O)cc1)C(=O)NC(CC(=O)O)C(=O)NC(C(=O)O)C(C)O. The number of carbonyl (C=O) groups is 5. The average Bonchev–Trinajstić information content (AvgIpc) is 2.76. The van der Waals surface area contributed by atoms with E-state index in [1.165, 1.54) is 31.2 Å². The van der Waals surface area contributed by atoms with E-state index in [2.05, 4.69) is 10.6 Å². The Hall–Kier alpha value is -3.75. The van der Waals surface area contributed by atoms with E-state index in [0.29, 0.717) is 5.56 Å². The minimum Gasteiger partial charge on any atom is -0.508 e. The number of aliphatic hydroxyl groups is 2. The third-order valence-corrected chi connectivity index (χ3v) is 4.89. The minimum atomic E-state index is -1.77. The standard InChI is InChI=1S/C21H30N4O10/c1-9(26)16(22)20(33)24-13(7-11-3-5-12(28)6-4-11)18(31)23-14(8-15(29)30)19(32)25-17(10(2)27)21(34)35/h3-6,9-10,13-14,16-17,26-28H,7-8,22H2,1-2H3,(H,23,31)(H,24,33)(H,25,32)(H,29,30)(H,34,35). The van der Waals surface area contributed by atoms with E-state index in [9.17, 15) is 39.3 Å². The topological polar surface area (TPSA) is 249 Å². The maximum absolute atomic E-state index is 13.0. The first-order valence-corrected chi connectivity index (χ1v) is 10.5. The van der Waals surface area contributed by atoms with Crippen LogP contribution in [-0.2, 0) is 30.4 Å². The summed E-state index contributed by atoms with van der Waals surface area (Å²) in [6.07, 6.45) is -3.89. The van der Waals surface area contributed by atoms with E-state index in [0.717, 1.165) is 6.92 Å². The van der Waals surface area contributed by atoms with Gasteiger partial charge in [-0.15, -0.1) is 0 Å². The lowest BCUT2D eigenvalue weighted by molar-refractivity contribution is -0.146. The van der Waals surface area contributed by atoms with E-state index in [1.54, 1.807) is 0 Å². The fourth-order valence-corrected chi connectivity index (χ4v) is 2.86. The van der Waals surface area contributed by atoms with Crippen molar-refractivity contribution in [2.45, 2.75) is 63.1 Å². The molecule has 0 bridgehead atoms. The number of phenolic OH excluding ortho intramolecular Hbond substituents is 1. The molecule has 6 unspecified atom stereocenters. The molecule has 3 amide bonds. The number of hydrogen-bond acceptors (Lipinski definition) is 9. The molecule has 0 aliphatic heterocycles. The van der Waals surface area contributed by atoms with Crippen LogP contribution in [0.1, 0.15) is 25.8 Å². The van der Waals surface area contributed by atoms with Gasteiger partial charge < -0.3 is 47.2 Å². The van der Waals surface area contributed by atoms with Gasteiger partial charge in [0.1, 0.15) is 23.9 Å². The van der Waals surface area contributed by atoms with Crippen molar-refractivity contribution >= 4 is 29.7 Å². The normalized spacial score (nSPS) is 16.0. The molecular weight excluding hydrogens is 468 g/mol. The fraction of sp³-hybridized carbons (Fsp3) is 0.476. The van der Waals surface area contributed by atoms with Crippen LogP contribution in [0.15, 0.2) is 24.3 Å². The first kappa shape index (κ1) is 29.3. The Morgan fingerprint density at radius 3 is 1.80 bits per heavy atom. The van der Waals surface area contributed by atoms with E-state index < -0.39 is 72.5 Å². The molecule has 0 saturated carbocycles. The van der Waals surface area contributed by atoms with Crippen molar-refractivity contribution in [3.63, 3.8) is 0 Å². The molecule has 0 aliphatic carbocycles. The number of rotatable bonds is 13. The third-order valence-electron chi connectivity index (χ3n) is 4.89. The Kier molecular flexibility index (Phi) is 11.1. The van der Waals surface area contributed by atoms with Gasteiger partial charge in [0, 0.05) is 6.42 Å². The zero-order valence-corrected chi connectivity index (χ0v) is 19.0. The van der Waals surface area contributed by atoms with Crippen LogP contribution in [0.25, 0.3) is 0 Å². The van der Waals surface area contributed by atoms with Crippen molar-refractivity contribution in [1.82, 2.24) is 16.0 Å². The third kappa shape index (κ3) is 9.56. The highest BCUT2D eigenvalue weighted by molar-refractivity contribution is 5.95. The van der Waals surface area contributed by atoms with Gasteiger partial charge in [0.15, 0.2) is 6.04 Å². The van der Waals surface area contributed by atoms with Crippen molar-refractivity contribution in [2.24, 2.45) is 5.73 Å². The second kappa shape index (κ2) is 13.2. The van der Waals surface area contributed by atoms with Crippen LogP contribution in [0, 0.1) is 0 Å². The van der Waals surface area contributed by atoms with Crippen LogP contribution >= 0.6 is 0 Å². The predicted molar refractivity (Wildman–Crippen MR) is 119 cm³/mol. The summed E-state index contributed by atoms with van der Waals surface area (Å²) >= 11 is 0. The summed E-state index contributed by atoms with van der Waals surface area (Å²) in [5.41, 5.74) is 6.07. The first-order valence-electron chi connectivity index (χ1n) is 10.5. The smallest absolute Gasteiger partial charge is 0.328 e. The molecule has 35 heavy (non-hydrogen) atoms. The summed E-state index contributed by atoms with van der Waals surface area (Å²) in [5, 5.41) is 53.3. The number of benzene rings is 1. The van der Waals surface area contributed by atoms with Gasteiger partial charge in [-0.05, 0) is 31.5 Å². The molecule has 1 rings (SSSR count). The maximum atomic E-state index is 13.0.